The van der Waals surface area contributed by atoms with Gasteiger partial charge in [0.15, 0.2) is 0 Å². The highest BCUT2D eigenvalue weighted by Crippen LogP contribution is 2.31. The Morgan fingerprint density at radius 2 is 1.84 bits per heavy atom. The zero-order valence-corrected chi connectivity index (χ0v) is 17.9. The van der Waals surface area contributed by atoms with Gasteiger partial charge in [-0.2, -0.15) is 5.10 Å². The van der Waals surface area contributed by atoms with Gasteiger partial charge >= 0.3 is 0 Å². The van der Waals surface area contributed by atoms with Gasteiger partial charge in [-0.25, -0.2) is 9.07 Å². The van der Waals surface area contributed by atoms with Gasteiger partial charge in [0.2, 0.25) is 0 Å². The minimum Gasteiger partial charge on any atom is -0.350 e. The van der Waals surface area contributed by atoms with Crippen molar-refractivity contribution >= 4 is 34.9 Å². The molecule has 0 aliphatic carbocycles. The third kappa shape index (κ3) is 4.47. The van der Waals surface area contributed by atoms with Crippen molar-refractivity contribution in [2.45, 2.75) is 6.92 Å². The summed E-state index contributed by atoms with van der Waals surface area (Å²) >= 11 is 0.882. The number of carbonyl (C=O) groups excluding carboxylic acids is 3. The fourth-order valence-corrected chi connectivity index (χ4v) is 4.11. The minimum atomic E-state index is -0.376. The number of carbonyl (C=O) groups is 3. The van der Waals surface area contributed by atoms with E-state index < -0.39 is 0 Å². The number of rotatable bonds is 6. The van der Waals surface area contributed by atoms with Crippen molar-refractivity contribution in [3.8, 4) is 5.69 Å². The van der Waals surface area contributed by atoms with Crippen LogP contribution in [0.1, 0.15) is 21.6 Å². The van der Waals surface area contributed by atoms with E-state index in [1.807, 2.05) is 30.3 Å². The maximum atomic E-state index is 13.1. The Balaban J connectivity index is 1.37. The summed E-state index contributed by atoms with van der Waals surface area (Å²) in [5.74, 6) is -1.11. The van der Waals surface area contributed by atoms with Crippen molar-refractivity contribution in [1.29, 1.82) is 0 Å². The number of hydrogen-bond acceptors (Lipinski definition) is 5. The Bertz CT molecular complexity index is 1210. The van der Waals surface area contributed by atoms with E-state index in [0.29, 0.717) is 21.8 Å². The molecule has 0 bridgehead atoms. The molecule has 32 heavy (non-hydrogen) atoms. The number of hydrogen-bond donors (Lipinski definition) is 1. The summed E-state index contributed by atoms with van der Waals surface area (Å²) in [5, 5.41) is 6.55. The van der Waals surface area contributed by atoms with Crippen LogP contribution in [0, 0.1) is 12.7 Å². The van der Waals surface area contributed by atoms with Gasteiger partial charge in [0.25, 0.3) is 17.1 Å². The number of benzene rings is 2. The summed E-state index contributed by atoms with van der Waals surface area (Å²) in [7, 11) is 0. The molecule has 1 aromatic heterocycles. The van der Waals surface area contributed by atoms with Crippen LogP contribution in [-0.2, 0) is 4.79 Å². The first-order valence-electron chi connectivity index (χ1n) is 9.83. The van der Waals surface area contributed by atoms with Crippen LogP contribution in [0.3, 0.4) is 0 Å². The van der Waals surface area contributed by atoms with Gasteiger partial charge in [0, 0.05) is 13.1 Å². The molecule has 4 rings (SSSR count). The number of halogens is 1. The Labute approximate surface area is 187 Å². The summed E-state index contributed by atoms with van der Waals surface area (Å²) in [6.45, 7) is 1.90. The van der Waals surface area contributed by atoms with Crippen LogP contribution in [0.4, 0.5) is 9.18 Å². The molecule has 3 amide bonds. The summed E-state index contributed by atoms with van der Waals surface area (Å²) < 4.78 is 14.7. The molecule has 2 heterocycles. The van der Waals surface area contributed by atoms with Crippen molar-refractivity contribution in [3.63, 3.8) is 0 Å². The second-order valence-corrected chi connectivity index (χ2v) is 8.02. The van der Waals surface area contributed by atoms with Crippen LogP contribution in [-0.4, -0.2) is 44.8 Å². The predicted octanol–water partition coefficient (Wildman–Crippen LogP) is 3.79. The lowest BCUT2D eigenvalue weighted by Crippen LogP contribution is -2.37. The van der Waals surface area contributed by atoms with E-state index in [-0.39, 0.29) is 36.0 Å². The van der Waals surface area contributed by atoms with Gasteiger partial charge < -0.3 is 5.32 Å². The van der Waals surface area contributed by atoms with Crippen LogP contribution < -0.4 is 5.32 Å². The lowest BCUT2D eigenvalue weighted by molar-refractivity contribution is -0.122. The Morgan fingerprint density at radius 1 is 1.12 bits per heavy atom. The van der Waals surface area contributed by atoms with Crippen LogP contribution >= 0.6 is 11.8 Å². The third-order valence-electron chi connectivity index (χ3n) is 4.92. The SMILES string of the molecule is Cc1c(C(=O)NCCN2C(=O)S/C(=C\c3ccccc3)C2=O)cnn1-c1ccc(F)cc1. The van der Waals surface area contributed by atoms with E-state index in [4.69, 9.17) is 0 Å². The van der Waals surface area contributed by atoms with E-state index in [1.54, 1.807) is 29.8 Å². The predicted molar refractivity (Wildman–Crippen MR) is 120 cm³/mol. The Kier molecular flexibility index (Phi) is 6.18. The molecule has 2 aromatic carbocycles. The lowest BCUT2D eigenvalue weighted by atomic mass is 10.2. The van der Waals surface area contributed by atoms with Crippen molar-refractivity contribution < 1.29 is 18.8 Å². The molecule has 1 saturated heterocycles. The van der Waals surface area contributed by atoms with Crippen LogP contribution in [0.5, 0.6) is 0 Å². The minimum absolute atomic E-state index is 0.0632. The number of amides is 3. The Hall–Kier alpha value is -3.72. The lowest BCUT2D eigenvalue weighted by Gasteiger charge is -2.13. The van der Waals surface area contributed by atoms with Crippen LogP contribution in [0.2, 0.25) is 0 Å². The molecule has 0 spiro atoms. The fraction of sp³-hybridized carbons (Fsp3) is 0.130. The first-order chi connectivity index (χ1) is 15.4. The normalized spacial score (nSPS) is 14.9. The van der Waals surface area contributed by atoms with E-state index >= 15 is 0 Å². The zero-order valence-electron chi connectivity index (χ0n) is 17.1. The molecule has 1 aliphatic heterocycles. The van der Waals surface area contributed by atoms with Crippen LogP contribution in [0.25, 0.3) is 11.8 Å². The van der Waals surface area contributed by atoms with Gasteiger partial charge in [0.05, 0.1) is 28.0 Å². The Morgan fingerprint density at radius 3 is 2.56 bits per heavy atom. The molecule has 3 aromatic rings. The maximum Gasteiger partial charge on any atom is 0.293 e. The molecule has 1 fully saturated rings. The van der Waals surface area contributed by atoms with Gasteiger partial charge in [0.1, 0.15) is 5.82 Å². The molecule has 162 valence electrons. The van der Waals surface area contributed by atoms with E-state index in [1.165, 1.54) is 18.3 Å². The molecule has 1 N–H and O–H groups in total. The number of nitrogens with one attached hydrogen (secondary N) is 1. The topological polar surface area (TPSA) is 84.3 Å². The second kappa shape index (κ2) is 9.19. The molecule has 0 unspecified atom stereocenters. The molecular weight excluding hydrogens is 431 g/mol. The first kappa shape index (κ1) is 21.5. The van der Waals surface area contributed by atoms with E-state index in [0.717, 1.165) is 22.2 Å². The van der Waals surface area contributed by atoms with Crippen molar-refractivity contribution in [3.05, 3.63) is 88.3 Å². The summed E-state index contributed by atoms with van der Waals surface area (Å²) in [6.07, 6.45) is 3.10. The quantitative estimate of drug-likeness (QED) is 0.578. The average molecular weight is 450 g/mol. The number of aromatic nitrogens is 2. The smallest absolute Gasteiger partial charge is 0.293 e. The summed E-state index contributed by atoms with van der Waals surface area (Å²) in [5.41, 5.74) is 2.41. The monoisotopic (exact) mass is 450 g/mol. The van der Waals surface area contributed by atoms with Crippen molar-refractivity contribution in [1.82, 2.24) is 20.0 Å². The van der Waals surface area contributed by atoms with Crippen LogP contribution in [0.15, 0.2) is 65.7 Å². The zero-order chi connectivity index (χ0) is 22.7. The molecule has 1 aliphatic rings. The molecule has 0 atom stereocenters. The standard InChI is InChI=1S/C23H19FN4O3S/c1-15-19(14-26-28(15)18-9-7-17(24)8-10-18)21(29)25-11-12-27-22(30)20(32-23(27)31)13-16-5-3-2-4-6-16/h2-10,13-14H,11-12H2,1H3,(H,25,29)/b20-13-. The van der Waals surface area contributed by atoms with Crippen molar-refractivity contribution in [2.75, 3.05) is 13.1 Å². The molecule has 0 saturated carbocycles. The highest BCUT2D eigenvalue weighted by molar-refractivity contribution is 8.18. The van der Waals surface area contributed by atoms with Crippen molar-refractivity contribution in [2.24, 2.45) is 0 Å². The fourth-order valence-electron chi connectivity index (χ4n) is 3.24. The summed E-state index contributed by atoms with van der Waals surface area (Å²) in [6, 6.07) is 15.1. The van der Waals surface area contributed by atoms with Gasteiger partial charge in [-0.3, -0.25) is 19.3 Å². The number of imide groups is 1. The summed E-state index contributed by atoms with van der Waals surface area (Å²) in [4.78, 5) is 38.9. The van der Waals surface area contributed by atoms with Gasteiger partial charge in [-0.1, -0.05) is 30.3 Å². The van der Waals surface area contributed by atoms with E-state index in [2.05, 4.69) is 10.4 Å². The van der Waals surface area contributed by atoms with Gasteiger partial charge in [-0.15, -0.1) is 0 Å². The maximum absolute atomic E-state index is 13.1. The molecule has 7 nitrogen and oxygen atoms in total. The molecule has 0 radical (unpaired) electrons. The third-order valence-corrected chi connectivity index (χ3v) is 5.82. The number of nitrogens with zero attached hydrogens (tertiary/aromatic N) is 3. The van der Waals surface area contributed by atoms with Gasteiger partial charge in [-0.05, 0) is 54.6 Å². The molecular formula is C23H19FN4O3S. The largest absolute Gasteiger partial charge is 0.350 e. The highest BCUT2D eigenvalue weighted by Gasteiger charge is 2.34. The second-order valence-electron chi connectivity index (χ2n) is 7.03. The van der Waals surface area contributed by atoms with E-state index in [9.17, 15) is 18.8 Å². The number of thioether (sulfide) groups is 1. The molecule has 9 heteroatoms. The highest BCUT2D eigenvalue weighted by atomic mass is 32.2. The average Bonchev–Trinajstić information content (AvgIpc) is 3.29. The first-order valence-corrected chi connectivity index (χ1v) is 10.6.